The number of likely N-dealkylation sites (tertiary alicyclic amines) is 2. The molecule has 0 radical (unpaired) electrons. The molecule has 2 N–H and O–H groups in total. The van der Waals surface area contributed by atoms with E-state index in [2.05, 4.69) is 18.7 Å². The highest BCUT2D eigenvalue weighted by Gasteiger charge is 2.33. The van der Waals surface area contributed by atoms with Crippen molar-refractivity contribution in [1.29, 1.82) is 0 Å². The van der Waals surface area contributed by atoms with Gasteiger partial charge in [-0.15, -0.1) is 0 Å². The average molecular weight is 239 g/mol. The van der Waals surface area contributed by atoms with Crippen molar-refractivity contribution in [2.75, 3.05) is 32.7 Å². The van der Waals surface area contributed by atoms with Gasteiger partial charge in [-0.3, -0.25) is 4.79 Å². The average Bonchev–Trinajstić information content (AvgIpc) is 2.66. The third kappa shape index (κ3) is 2.99. The molecule has 0 spiro atoms. The molecule has 1 unspecified atom stereocenters. The van der Waals surface area contributed by atoms with Crippen LogP contribution in [-0.4, -0.2) is 54.5 Å². The molecule has 4 heteroatoms. The number of carbonyl (C=O) groups is 1. The van der Waals surface area contributed by atoms with Crippen molar-refractivity contribution in [3.63, 3.8) is 0 Å². The van der Waals surface area contributed by atoms with Gasteiger partial charge in [0.2, 0.25) is 5.91 Å². The van der Waals surface area contributed by atoms with Crippen LogP contribution in [0.1, 0.15) is 33.1 Å². The molecule has 0 aromatic carbocycles. The molecule has 17 heavy (non-hydrogen) atoms. The van der Waals surface area contributed by atoms with Gasteiger partial charge in [0.1, 0.15) is 0 Å². The van der Waals surface area contributed by atoms with Crippen molar-refractivity contribution >= 4 is 5.91 Å². The lowest BCUT2D eigenvalue weighted by Gasteiger charge is -2.43. The van der Waals surface area contributed by atoms with E-state index in [9.17, 15) is 4.79 Å². The summed E-state index contributed by atoms with van der Waals surface area (Å²) in [6.45, 7) is 9.46. The molecule has 1 atom stereocenters. The van der Waals surface area contributed by atoms with Crippen LogP contribution in [0.5, 0.6) is 0 Å². The van der Waals surface area contributed by atoms with Gasteiger partial charge < -0.3 is 15.5 Å². The number of carbonyl (C=O) groups excluding carboxylic acids is 1. The quantitative estimate of drug-likeness (QED) is 0.787. The standard InChI is InChI=1S/C13H25N3O/c1-13(2)10-15(7-5-11(13)14)8-9-16-6-3-4-12(16)17/h11H,3-10,14H2,1-2H3. The third-order valence-electron chi connectivity index (χ3n) is 4.25. The molecule has 0 aliphatic carbocycles. The Balaban J connectivity index is 1.78. The van der Waals surface area contributed by atoms with Gasteiger partial charge in [0, 0.05) is 38.6 Å². The normalized spacial score (nSPS) is 29.9. The highest BCUT2D eigenvalue weighted by atomic mass is 16.2. The number of hydrogen-bond acceptors (Lipinski definition) is 3. The number of rotatable bonds is 3. The minimum Gasteiger partial charge on any atom is -0.341 e. The molecule has 2 heterocycles. The monoisotopic (exact) mass is 239 g/mol. The molecule has 2 aliphatic rings. The summed E-state index contributed by atoms with van der Waals surface area (Å²) in [6.07, 6.45) is 2.85. The highest BCUT2D eigenvalue weighted by molar-refractivity contribution is 5.78. The first-order chi connectivity index (χ1) is 7.99. The molecule has 2 aliphatic heterocycles. The summed E-state index contributed by atoms with van der Waals surface area (Å²) >= 11 is 0. The smallest absolute Gasteiger partial charge is 0.222 e. The van der Waals surface area contributed by atoms with Gasteiger partial charge >= 0.3 is 0 Å². The van der Waals surface area contributed by atoms with E-state index in [0.29, 0.717) is 11.9 Å². The summed E-state index contributed by atoms with van der Waals surface area (Å²) in [6, 6.07) is 0.312. The van der Waals surface area contributed by atoms with Crippen LogP contribution in [0.3, 0.4) is 0 Å². The Labute approximate surface area is 104 Å². The van der Waals surface area contributed by atoms with Crippen LogP contribution in [0.15, 0.2) is 0 Å². The van der Waals surface area contributed by atoms with Crippen molar-refractivity contribution < 1.29 is 4.79 Å². The van der Waals surface area contributed by atoms with Gasteiger partial charge in [-0.05, 0) is 24.8 Å². The van der Waals surface area contributed by atoms with Crippen LogP contribution in [0.2, 0.25) is 0 Å². The van der Waals surface area contributed by atoms with E-state index in [-0.39, 0.29) is 5.41 Å². The molecule has 2 fully saturated rings. The molecule has 0 aromatic heterocycles. The number of piperidine rings is 1. The van der Waals surface area contributed by atoms with Gasteiger partial charge in [0.15, 0.2) is 0 Å². The molecule has 98 valence electrons. The Morgan fingerprint density at radius 3 is 2.71 bits per heavy atom. The van der Waals surface area contributed by atoms with Crippen LogP contribution < -0.4 is 5.73 Å². The van der Waals surface area contributed by atoms with Crippen LogP contribution in [0.4, 0.5) is 0 Å². The summed E-state index contributed by atoms with van der Waals surface area (Å²) in [5.74, 6) is 0.331. The van der Waals surface area contributed by atoms with Crippen LogP contribution >= 0.6 is 0 Å². The summed E-state index contributed by atoms with van der Waals surface area (Å²) in [5.41, 5.74) is 6.33. The Morgan fingerprint density at radius 2 is 2.12 bits per heavy atom. The third-order valence-corrected chi connectivity index (χ3v) is 4.25. The molecule has 0 bridgehead atoms. The van der Waals surface area contributed by atoms with E-state index in [4.69, 9.17) is 5.73 Å². The number of nitrogens with two attached hydrogens (primary N) is 1. The summed E-state index contributed by atoms with van der Waals surface area (Å²) < 4.78 is 0. The lowest BCUT2D eigenvalue weighted by molar-refractivity contribution is -0.127. The van der Waals surface area contributed by atoms with Gasteiger partial charge in [0.05, 0.1) is 0 Å². The van der Waals surface area contributed by atoms with Crippen LogP contribution in [0.25, 0.3) is 0 Å². The van der Waals surface area contributed by atoms with Crippen molar-refractivity contribution in [3.8, 4) is 0 Å². The minimum absolute atomic E-state index is 0.202. The Kier molecular flexibility index (Phi) is 3.73. The first-order valence-electron chi connectivity index (χ1n) is 6.75. The zero-order chi connectivity index (χ0) is 12.5. The summed E-state index contributed by atoms with van der Waals surface area (Å²) in [7, 11) is 0. The molecule has 2 rings (SSSR count). The lowest BCUT2D eigenvalue weighted by Crippen LogP contribution is -2.53. The maximum absolute atomic E-state index is 11.5. The van der Waals surface area contributed by atoms with E-state index < -0.39 is 0 Å². The maximum Gasteiger partial charge on any atom is 0.222 e. The fourth-order valence-corrected chi connectivity index (χ4v) is 2.88. The Bertz CT molecular complexity index is 290. The zero-order valence-electron chi connectivity index (χ0n) is 11.1. The molecule has 2 saturated heterocycles. The molecular formula is C13H25N3O. The van der Waals surface area contributed by atoms with E-state index in [1.54, 1.807) is 0 Å². The topological polar surface area (TPSA) is 49.6 Å². The molecule has 1 amide bonds. The SMILES string of the molecule is CC1(C)CN(CCN2CCCC2=O)CCC1N. The van der Waals surface area contributed by atoms with Crippen molar-refractivity contribution in [2.45, 2.75) is 39.2 Å². The van der Waals surface area contributed by atoms with Gasteiger partial charge in [-0.25, -0.2) is 0 Å². The maximum atomic E-state index is 11.5. The van der Waals surface area contributed by atoms with E-state index in [1.165, 1.54) is 0 Å². The van der Waals surface area contributed by atoms with E-state index in [0.717, 1.165) is 52.0 Å². The molecular weight excluding hydrogens is 214 g/mol. The van der Waals surface area contributed by atoms with Gasteiger partial charge in [-0.2, -0.15) is 0 Å². The Hall–Kier alpha value is -0.610. The zero-order valence-corrected chi connectivity index (χ0v) is 11.1. The van der Waals surface area contributed by atoms with Crippen molar-refractivity contribution in [3.05, 3.63) is 0 Å². The lowest BCUT2D eigenvalue weighted by atomic mass is 9.80. The van der Waals surface area contributed by atoms with E-state index >= 15 is 0 Å². The number of nitrogens with zero attached hydrogens (tertiary/aromatic N) is 2. The predicted octanol–water partition coefficient (Wildman–Crippen LogP) is 0.668. The fourth-order valence-electron chi connectivity index (χ4n) is 2.88. The van der Waals surface area contributed by atoms with Gasteiger partial charge in [0.25, 0.3) is 0 Å². The fraction of sp³-hybridized carbons (Fsp3) is 0.923. The second-order valence-electron chi connectivity index (χ2n) is 6.14. The Morgan fingerprint density at radius 1 is 1.35 bits per heavy atom. The minimum atomic E-state index is 0.202. The van der Waals surface area contributed by atoms with Crippen molar-refractivity contribution in [1.82, 2.24) is 9.80 Å². The second kappa shape index (κ2) is 4.94. The molecule has 4 nitrogen and oxygen atoms in total. The number of hydrogen-bond donors (Lipinski definition) is 1. The first kappa shape index (κ1) is 12.8. The first-order valence-corrected chi connectivity index (χ1v) is 6.75. The second-order valence-corrected chi connectivity index (χ2v) is 6.14. The van der Waals surface area contributed by atoms with Crippen molar-refractivity contribution in [2.24, 2.45) is 11.1 Å². The van der Waals surface area contributed by atoms with Crippen LogP contribution in [0, 0.1) is 5.41 Å². The van der Waals surface area contributed by atoms with Gasteiger partial charge in [-0.1, -0.05) is 13.8 Å². The highest BCUT2D eigenvalue weighted by Crippen LogP contribution is 2.27. The predicted molar refractivity (Wildman–Crippen MR) is 68.6 cm³/mol. The summed E-state index contributed by atoms with van der Waals surface area (Å²) in [4.78, 5) is 16.0. The molecule has 0 aromatic rings. The van der Waals surface area contributed by atoms with Crippen LogP contribution in [-0.2, 0) is 4.79 Å². The summed E-state index contributed by atoms with van der Waals surface area (Å²) in [5, 5.41) is 0. The molecule has 0 saturated carbocycles. The number of amides is 1. The largest absolute Gasteiger partial charge is 0.341 e. The van der Waals surface area contributed by atoms with E-state index in [1.807, 2.05) is 4.90 Å².